The molecule has 3 aliphatic rings. The van der Waals surface area contributed by atoms with Crippen molar-refractivity contribution >= 4 is 146 Å². The van der Waals surface area contributed by atoms with E-state index < -0.39 is 254 Å². The number of carboxylic acid groups (broad SMARTS) is 2. The van der Waals surface area contributed by atoms with Crippen LogP contribution in [-0.2, 0) is 110 Å². The summed E-state index contributed by atoms with van der Waals surface area (Å²) in [5.41, 5.74) is 20.1. The Morgan fingerprint density at radius 2 is 0.845 bits per heavy atom. The van der Waals surface area contributed by atoms with E-state index in [9.17, 15) is 107 Å². The predicted octanol–water partition coefficient (Wildman–Crippen LogP) is -4.13. The number of para-hydroxylation sites is 2. The van der Waals surface area contributed by atoms with Gasteiger partial charge in [-0.3, -0.25) is 97.1 Å². The third kappa shape index (κ3) is 37.1. The first-order chi connectivity index (χ1) is 70.1. The number of fused-ring (bicyclic) bond motifs is 2. The van der Waals surface area contributed by atoms with E-state index in [1.165, 1.54) is 33.8 Å². The number of carbonyl (C=O) groups excluding carboxylic acids is 17. The van der Waals surface area contributed by atoms with Gasteiger partial charge in [0.2, 0.25) is 100 Å². The van der Waals surface area contributed by atoms with Gasteiger partial charge in [0.05, 0.1) is 38.9 Å². The largest absolute Gasteiger partial charge is 0.508 e. The van der Waals surface area contributed by atoms with Crippen LogP contribution in [0.3, 0.4) is 0 Å². The fourth-order valence-corrected chi connectivity index (χ4v) is 17.4. The summed E-state index contributed by atoms with van der Waals surface area (Å²) >= 11 is 0. The molecule has 31 N–H and O–H groups in total. The van der Waals surface area contributed by atoms with E-state index in [0.29, 0.717) is 57.8 Å². The van der Waals surface area contributed by atoms with Gasteiger partial charge in [0.1, 0.15) is 90.3 Å². The minimum Gasteiger partial charge on any atom is -0.508 e. The molecule has 0 radical (unpaired) electrons. The minimum absolute atomic E-state index is 0.00404. The number of phenolic OH excluding ortho intramolecular Hbond substituents is 1. The Bertz CT molecular complexity index is 5480. The summed E-state index contributed by atoms with van der Waals surface area (Å²) in [5.74, 6) is -18.8. The number of nitrogens with zero attached hydrogens (tertiary/aromatic N) is 3. The number of H-pyrrole nitrogens is 2. The van der Waals surface area contributed by atoms with Crippen molar-refractivity contribution in [2.24, 2.45) is 40.9 Å². The molecule has 0 bridgehead atoms. The number of hydrogen-bond acceptors (Lipinski definition) is 25. The standard InChI is InChI=1S/C96H142N26O22.C2H4O2/c1-10-53(8)79(90(139)107-46-76(127)118-78(52(6)7)91(140)117-71(49-124)86(135)113-67(41-56-43-104-62-22-13-11-20-59(56)62)81(130)106-45-75(126)110-66(38-50(2)3)84(133)112-65(94(143)144)25-16-34-103-96(100)101)119-89(138)72-26-17-35-120(72)77(128)47-108-82(131)70(48-123)116-85(134)68(42-57-44-105-63-23-14-12-21-60(57)63)114-83(132)64(24-15-33-102-95(98)99)111-87(136)74-28-19-37-122(74)93(142)69(39-51(4)5)115-88(137)73-27-18-36-121(73)92(141)54(9)109-80(129)61(97)40-55-29-31-58(125)32-30-55;1-2(3)4/h11-14,20-23,29-32,43-44,50-54,61,64-74,78-79,104-105,123-125H,10,15-19,24-28,33-42,45-49,97H2,1-9H3,(H,106,130)(H,107,139)(H,108,131)(H,109,129)(H,110,126)(H,111,136)(H,112,133)(H,113,135)(H,114,132)(H,115,137)(H,116,134)(H,117,140)(H,118,127)(H,119,138)(H,143,144)(H4,98,99,102)(H4,100,101,103);1H3,(H,3,4)/t53-,54-,61-,64-,65-,66-,67-,68-,69-,70-,71-,72-,73-,74-,78-,79-;/m0./s1. The van der Waals surface area contributed by atoms with Gasteiger partial charge in [-0.25, -0.2) is 4.79 Å². The molecular weight excluding hydrogens is 1930 g/mol. The molecule has 5 heterocycles. The minimum atomic E-state index is -1.79. The normalized spacial score (nSPS) is 16.9. The van der Waals surface area contributed by atoms with Gasteiger partial charge in [0.15, 0.2) is 11.9 Å². The maximum Gasteiger partial charge on any atom is 0.326 e. The molecule has 5 aromatic rings. The second-order valence-corrected chi connectivity index (χ2v) is 38.3. The van der Waals surface area contributed by atoms with Crippen LogP contribution in [0.5, 0.6) is 5.75 Å². The first-order valence-corrected chi connectivity index (χ1v) is 49.6. The van der Waals surface area contributed by atoms with Crippen LogP contribution in [-0.4, -0.2) is 331 Å². The monoisotopic (exact) mass is 2070 g/mol. The summed E-state index contributed by atoms with van der Waals surface area (Å²) in [6.07, 6.45) is 4.92. The topological polar surface area (TPSA) is 785 Å². The van der Waals surface area contributed by atoms with E-state index in [4.69, 9.17) is 37.9 Å². The van der Waals surface area contributed by atoms with Gasteiger partial charge >= 0.3 is 5.97 Å². The van der Waals surface area contributed by atoms with Crippen LogP contribution >= 0.6 is 0 Å². The smallest absolute Gasteiger partial charge is 0.326 e. The third-order valence-electron chi connectivity index (χ3n) is 25.3. The Morgan fingerprint density at radius 1 is 0.432 bits per heavy atom. The van der Waals surface area contributed by atoms with Crippen LogP contribution in [0.1, 0.15) is 169 Å². The molecule has 0 aliphatic carbocycles. The summed E-state index contributed by atoms with van der Waals surface area (Å²) in [5, 5.41) is 106. The van der Waals surface area contributed by atoms with Gasteiger partial charge < -0.3 is 152 Å². The lowest BCUT2D eigenvalue weighted by Gasteiger charge is -2.32. The van der Waals surface area contributed by atoms with Crippen molar-refractivity contribution in [1.82, 2.24) is 110 Å². The number of aliphatic hydroxyl groups is 2. The van der Waals surface area contributed by atoms with E-state index in [1.54, 1.807) is 115 Å². The average molecular weight is 2070 g/mol. The van der Waals surface area contributed by atoms with Crippen molar-refractivity contribution in [3.8, 4) is 5.75 Å². The molecule has 148 heavy (non-hydrogen) atoms. The number of amides is 17. The number of nitrogens with one attached hydrogen (secondary N) is 20. The highest BCUT2D eigenvalue weighted by Gasteiger charge is 2.45. The molecular formula is C98H146N26O24. The maximum absolute atomic E-state index is 15.0. The fourth-order valence-electron chi connectivity index (χ4n) is 17.4. The molecule has 16 atom stereocenters. The predicted molar refractivity (Wildman–Crippen MR) is 541 cm³/mol. The lowest BCUT2D eigenvalue weighted by Crippen LogP contribution is -2.60. The molecule has 3 saturated heterocycles. The van der Waals surface area contributed by atoms with E-state index >= 15 is 0 Å². The molecule has 50 heteroatoms. The molecule has 3 aliphatic heterocycles. The first kappa shape index (κ1) is 120. The molecule has 0 saturated carbocycles. The van der Waals surface area contributed by atoms with Crippen LogP contribution in [0.15, 0.2) is 85.2 Å². The highest BCUT2D eigenvalue weighted by molar-refractivity contribution is 6.02. The van der Waals surface area contributed by atoms with Crippen LogP contribution in [0.4, 0.5) is 0 Å². The number of guanidine groups is 2. The number of aliphatic hydroxyl groups excluding tert-OH is 2. The number of hydrogen-bond donors (Lipinski definition) is 28. The molecule has 0 spiro atoms. The number of phenols is 1. The Kier molecular flexibility index (Phi) is 47.7. The van der Waals surface area contributed by atoms with Crippen molar-refractivity contribution in [3.63, 3.8) is 0 Å². The van der Waals surface area contributed by atoms with Gasteiger partial charge in [-0.05, 0) is 155 Å². The molecule has 3 aromatic carbocycles. The number of rotatable bonds is 55. The number of carboxylic acids is 2. The van der Waals surface area contributed by atoms with Gasteiger partial charge in [0.25, 0.3) is 5.97 Å². The number of aromatic nitrogens is 2. The second kappa shape index (κ2) is 58.9. The summed E-state index contributed by atoms with van der Waals surface area (Å²) in [7, 11) is 0. The van der Waals surface area contributed by atoms with Crippen LogP contribution in [0.2, 0.25) is 0 Å². The fraction of sp³-hybridized carbons (Fsp3) is 0.561. The molecule has 3 fully saturated rings. The second-order valence-electron chi connectivity index (χ2n) is 38.3. The average Bonchev–Trinajstić information content (AvgIpc) is 1.67. The molecule has 0 unspecified atom stereocenters. The van der Waals surface area contributed by atoms with Gasteiger partial charge in [0, 0.05) is 86.7 Å². The van der Waals surface area contributed by atoms with Gasteiger partial charge in [-0.15, -0.1) is 0 Å². The van der Waals surface area contributed by atoms with E-state index in [0.717, 1.165) is 6.92 Å². The molecule has 50 nitrogen and oxygen atoms in total. The number of aromatic amines is 2. The van der Waals surface area contributed by atoms with Crippen molar-refractivity contribution < 1.29 is 117 Å². The Morgan fingerprint density at radius 3 is 1.35 bits per heavy atom. The third-order valence-corrected chi connectivity index (χ3v) is 25.3. The molecule has 812 valence electrons. The van der Waals surface area contributed by atoms with E-state index in [1.807, 2.05) is 13.8 Å². The zero-order chi connectivity index (χ0) is 109. The quantitative estimate of drug-likeness (QED) is 0.00999. The number of aromatic hydroxyl groups is 1. The number of nitrogens with two attached hydrogens (primary N) is 3. The number of carbonyl (C=O) groups is 19. The van der Waals surface area contributed by atoms with Gasteiger partial charge in [-0.2, -0.15) is 0 Å². The SMILES string of the molecule is CC(=O)O.CC[C@H](C)[C@H](NC(=O)[C@@H]1CCCN1C(=O)CNC(=O)[C@H](CO)NC(=O)[C@H](Cc1c[nH]c2ccccc12)NC(=O)[C@H](CCCNC(=N)N)NC(=O)[C@@H]1CCCN1C(=O)[C@H](CC(C)C)NC(=O)[C@@H]1CCCN1C(=O)[C@H](C)NC(=O)[C@@H](N)Cc1ccc(O)cc1)C(=O)NCC(=O)N[C@H](C(=O)N[C@@H](CO)C(=O)N[C@@H](Cc1c[nH]c2ccccc12)C(=O)NCC(=O)N[C@@H](CC(C)C)C(=O)N[C@@H](CCCNC(=N)N)C(=O)O)C(C)C. The number of aliphatic carboxylic acids is 2. The molecule has 17 amide bonds. The van der Waals surface area contributed by atoms with Crippen LogP contribution in [0.25, 0.3) is 21.8 Å². The lowest BCUT2D eigenvalue weighted by molar-refractivity contribution is -0.144. The van der Waals surface area contributed by atoms with Crippen LogP contribution in [0, 0.1) is 34.5 Å². The van der Waals surface area contributed by atoms with Crippen molar-refractivity contribution in [3.05, 3.63) is 102 Å². The molecule has 2 aromatic heterocycles. The molecule has 8 rings (SSSR count). The van der Waals surface area contributed by atoms with E-state index in [-0.39, 0.29) is 140 Å². The maximum atomic E-state index is 15.0. The van der Waals surface area contributed by atoms with Crippen molar-refractivity contribution in [2.75, 3.05) is 65.6 Å². The highest BCUT2D eigenvalue weighted by Crippen LogP contribution is 2.27. The van der Waals surface area contributed by atoms with Crippen LogP contribution < -0.4 is 102 Å². The Balaban J connectivity index is 0.00000727. The summed E-state index contributed by atoms with van der Waals surface area (Å²) in [6, 6.07) is -0.0740. The summed E-state index contributed by atoms with van der Waals surface area (Å²) in [6.45, 7) is 12.3. The zero-order valence-electron chi connectivity index (χ0n) is 85.0. The summed E-state index contributed by atoms with van der Waals surface area (Å²) < 4.78 is 0. The first-order valence-electron chi connectivity index (χ1n) is 49.6. The Hall–Kier alpha value is -15.1. The van der Waals surface area contributed by atoms with E-state index in [2.05, 4.69) is 95.0 Å². The number of likely N-dealkylation sites (tertiary alicyclic amines) is 3. The lowest BCUT2D eigenvalue weighted by atomic mass is 9.97. The highest BCUT2D eigenvalue weighted by atomic mass is 16.4. The summed E-state index contributed by atoms with van der Waals surface area (Å²) in [4.78, 5) is 272. The van der Waals surface area contributed by atoms with Crippen molar-refractivity contribution in [2.45, 2.75) is 263 Å². The zero-order valence-corrected chi connectivity index (χ0v) is 85.0. The van der Waals surface area contributed by atoms with Gasteiger partial charge in [-0.1, -0.05) is 110 Å². The van der Waals surface area contributed by atoms with Crippen molar-refractivity contribution in [1.29, 1.82) is 10.8 Å². The number of benzene rings is 3. The Labute approximate surface area is 856 Å².